The number of benzene rings is 2. The average Bonchev–Trinajstić information content (AvgIpc) is 3.68. The second-order valence-corrected chi connectivity index (χ2v) is 14.6. The molecule has 5 heterocycles. The average molecular weight is 731 g/mol. The van der Waals surface area contributed by atoms with Crippen molar-refractivity contribution < 1.29 is 23.1 Å². The molecule has 5 aromatic rings. The molecular weight excluding hydrogens is 690 g/mol. The van der Waals surface area contributed by atoms with E-state index in [1.54, 1.807) is 29.1 Å². The Morgan fingerprint density at radius 2 is 1.69 bits per heavy atom. The number of carbonyl (C=O) groups excluding carboxylic acids is 2. The number of pyridine rings is 3. The van der Waals surface area contributed by atoms with E-state index >= 15 is 4.39 Å². The van der Waals surface area contributed by atoms with Crippen LogP contribution in [0.15, 0.2) is 90.2 Å². The molecule has 3 fully saturated rings. The number of ether oxygens (including phenoxy) is 1. The van der Waals surface area contributed by atoms with Gasteiger partial charge in [-0.25, -0.2) is 13.8 Å². The van der Waals surface area contributed by atoms with Crippen LogP contribution in [0.25, 0.3) is 33.5 Å². The minimum Gasteiger partial charge on any atom is -0.383 e. The molecule has 1 aliphatic carbocycles. The first-order valence-electron chi connectivity index (χ1n) is 18.4. The number of halogens is 2. The molecule has 1 unspecified atom stereocenters. The maximum Gasteiger partial charge on any atom is 0.261 e. The highest BCUT2D eigenvalue weighted by atomic mass is 19.1. The third kappa shape index (κ3) is 7.38. The molecule has 2 aliphatic heterocycles. The van der Waals surface area contributed by atoms with Crippen LogP contribution in [-0.4, -0.2) is 57.6 Å². The second-order valence-electron chi connectivity index (χ2n) is 14.6. The minimum atomic E-state index is -0.701. The van der Waals surface area contributed by atoms with Crippen LogP contribution in [0.2, 0.25) is 0 Å². The maximum atomic E-state index is 15.8. The van der Waals surface area contributed by atoms with E-state index in [1.165, 1.54) is 36.0 Å². The van der Waals surface area contributed by atoms with Gasteiger partial charge in [0, 0.05) is 67.2 Å². The topological polar surface area (TPSA) is 132 Å². The number of anilines is 2. The summed E-state index contributed by atoms with van der Waals surface area (Å²) in [6, 6.07) is 16.8. The SMILES string of the molecule is Nc1ncc(-c2ccc(CC3CN(C(=O)C4CCOC4)C3)cc2)cc1-c1ccc(NC(=O)c2cn(CC3CCC3)cc(-c3ccc(F)cn3)c2=O)cc1F. The lowest BCUT2D eigenvalue weighted by atomic mass is 9.85. The van der Waals surface area contributed by atoms with Gasteiger partial charge in [0.15, 0.2) is 0 Å². The van der Waals surface area contributed by atoms with Crippen LogP contribution >= 0.6 is 0 Å². The molecule has 1 atom stereocenters. The van der Waals surface area contributed by atoms with Gasteiger partial charge in [-0.1, -0.05) is 30.7 Å². The van der Waals surface area contributed by atoms with Gasteiger partial charge in [-0.2, -0.15) is 0 Å². The van der Waals surface area contributed by atoms with Gasteiger partial charge in [-0.3, -0.25) is 19.4 Å². The Kier molecular flexibility index (Phi) is 9.76. The predicted octanol–water partition coefficient (Wildman–Crippen LogP) is 6.59. The molecule has 0 bridgehead atoms. The van der Waals surface area contributed by atoms with Crippen LogP contribution in [0.3, 0.4) is 0 Å². The van der Waals surface area contributed by atoms with Crippen molar-refractivity contribution in [2.75, 3.05) is 37.4 Å². The third-order valence-electron chi connectivity index (χ3n) is 10.8. The molecule has 12 heteroatoms. The molecule has 2 amide bonds. The molecule has 8 rings (SSSR count). The number of rotatable bonds is 10. The Morgan fingerprint density at radius 1 is 0.870 bits per heavy atom. The Morgan fingerprint density at radius 3 is 2.37 bits per heavy atom. The summed E-state index contributed by atoms with van der Waals surface area (Å²) in [5.74, 6) is -0.667. The van der Waals surface area contributed by atoms with E-state index in [9.17, 15) is 18.8 Å². The number of amides is 2. The van der Waals surface area contributed by atoms with Gasteiger partial charge in [-0.05, 0) is 85.0 Å². The minimum absolute atomic E-state index is 0.000488. The maximum absolute atomic E-state index is 15.8. The fourth-order valence-electron chi connectivity index (χ4n) is 7.48. The molecule has 2 aromatic carbocycles. The summed E-state index contributed by atoms with van der Waals surface area (Å²) in [5, 5.41) is 2.67. The molecule has 3 N–H and O–H groups in total. The van der Waals surface area contributed by atoms with E-state index in [2.05, 4.69) is 27.4 Å². The zero-order valence-electron chi connectivity index (χ0n) is 29.6. The van der Waals surface area contributed by atoms with E-state index < -0.39 is 23.0 Å². The highest BCUT2D eigenvalue weighted by molar-refractivity contribution is 6.04. The van der Waals surface area contributed by atoms with Gasteiger partial charge in [0.2, 0.25) is 11.3 Å². The van der Waals surface area contributed by atoms with Crippen molar-refractivity contribution in [1.82, 2.24) is 19.4 Å². The zero-order valence-corrected chi connectivity index (χ0v) is 29.6. The standard InChI is InChI=1S/C42H40F2N6O4/c43-31-8-11-38(46-18-31)35-22-49(19-26-2-1-3-26)23-36(39(35)51)41(52)48-32-9-10-33(37(44)16-32)34-15-30(17-47-40(34)45)28-6-4-25(5-7-28)14-27-20-50(21-27)42(53)29-12-13-54-24-29/h4-11,15-18,22-23,26-27,29H,1-3,12-14,19-21,24H2,(H2,45,47)(H,48,52). The summed E-state index contributed by atoms with van der Waals surface area (Å²) in [5.41, 5.74) is 9.56. The third-order valence-corrected chi connectivity index (χ3v) is 10.8. The number of carbonyl (C=O) groups is 2. The number of hydrogen-bond acceptors (Lipinski definition) is 7. The van der Waals surface area contributed by atoms with Gasteiger partial charge in [-0.15, -0.1) is 0 Å². The molecule has 3 aliphatic rings. The van der Waals surface area contributed by atoms with E-state index in [4.69, 9.17) is 10.5 Å². The van der Waals surface area contributed by atoms with Crippen molar-refractivity contribution in [2.24, 2.45) is 17.8 Å². The highest BCUT2D eigenvalue weighted by Crippen LogP contribution is 2.34. The number of likely N-dealkylation sites (tertiary alicyclic amines) is 1. The molecule has 54 heavy (non-hydrogen) atoms. The molecule has 10 nitrogen and oxygen atoms in total. The summed E-state index contributed by atoms with van der Waals surface area (Å²) >= 11 is 0. The van der Waals surface area contributed by atoms with Crippen LogP contribution in [-0.2, 0) is 22.5 Å². The Bertz CT molecular complexity index is 2260. The molecule has 0 radical (unpaired) electrons. The summed E-state index contributed by atoms with van der Waals surface area (Å²) in [4.78, 5) is 50.0. The molecule has 1 saturated carbocycles. The Balaban J connectivity index is 0.962. The molecule has 3 aromatic heterocycles. The number of aromatic nitrogens is 3. The molecule has 0 spiro atoms. The first kappa shape index (κ1) is 35.3. The number of nitrogen functional groups attached to an aromatic ring is 1. The van der Waals surface area contributed by atoms with E-state index in [0.717, 1.165) is 62.5 Å². The zero-order chi connectivity index (χ0) is 37.3. The summed E-state index contributed by atoms with van der Waals surface area (Å²) < 4.78 is 36.5. The smallest absolute Gasteiger partial charge is 0.261 e. The Labute approximate surface area is 311 Å². The lowest BCUT2D eigenvalue weighted by Gasteiger charge is -2.40. The quantitative estimate of drug-likeness (QED) is 0.166. The number of nitrogens with one attached hydrogen (secondary N) is 1. The van der Waals surface area contributed by atoms with Gasteiger partial charge < -0.3 is 25.3 Å². The van der Waals surface area contributed by atoms with Crippen molar-refractivity contribution in [3.8, 4) is 33.5 Å². The first-order chi connectivity index (χ1) is 26.2. The predicted molar refractivity (Wildman–Crippen MR) is 201 cm³/mol. The van der Waals surface area contributed by atoms with E-state index in [-0.39, 0.29) is 45.7 Å². The largest absolute Gasteiger partial charge is 0.383 e. The van der Waals surface area contributed by atoms with Crippen molar-refractivity contribution in [3.63, 3.8) is 0 Å². The Hall–Kier alpha value is -5.75. The fraction of sp³-hybridized carbons (Fsp3) is 0.310. The van der Waals surface area contributed by atoms with Gasteiger partial charge in [0.1, 0.15) is 23.0 Å². The second kappa shape index (κ2) is 14.9. The summed E-state index contributed by atoms with van der Waals surface area (Å²) in [7, 11) is 0. The number of nitrogens with zero attached hydrogens (tertiary/aromatic N) is 4. The fourth-order valence-corrected chi connectivity index (χ4v) is 7.48. The van der Waals surface area contributed by atoms with E-state index in [1.807, 2.05) is 17.0 Å². The molecule has 2 saturated heterocycles. The molecular formula is C42H40F2N6O4. The normalized spacial score (nSPS) is 17.2. The monoisotopic (exact) mass is 730 g/mol. The van der Waals surface area contributed by atoms with Crippen molar-refractivity contribution in [1.29, 1.82) is 0 Å². The lowest BCUT2D eigenvalue weighted by Crippen LogP contribution is -2.52. The van der Waals surface area contributed by atoms with Crippen LogP contribution in [0.5, 0.6) is 0 Å². The summed E-state index contributed by atoms with van der Waals surface area (Å²) in [6.07, 6.45) is 10.8. The lowest BCUT2D eigenvalue weighted by molar-refractivity contribution is -0.141. The van der Waals surface area contributed by atoms with E-state index in [0.29, 0.717) is 37.2 Å². The summed E-state index contributed by atoms with van der Waals surface area (Å²) in [6.45, 7) is 3.34. The number of nitrogens with two attached hydrogens (primary N) is 1. The van der Waals surface area contributed by atoms with Gasteiger partial charge in [0.25, 0.3) is 5.91 Å². The number of hydrogen-bond donors (Lipinski definition) is 2. The highest BCUT2D eigenvalue weighted by Gasteiger charge is 2.35. The first-order valence-corrected chi connectivity index (χ1v) is 18.4. The van der Waals surface area contributed by atoms with Crippen LogP contribution < -0.4 is 16.5 Å². The van der Waals surface area contributed by atoms with Gasteiger partial charge >= 0.3 is 0 Å². The van der Waals surface area contributed by atoms with Crippen molar-refractivity contribution in [3.05, 3.63) is 118 Å². The van der Waals surface area contributed by atoms with Crippen LogP contribution in [0.1, 0.15) is 41.6 Å². The van der Waals surface area contributed by atoms with Crippen LogP contribution in [0, 0.1) is 29.4 Å². The molecule has 276 valence electrons. The van der Waals surface area contributed by atoms with Crippen LogP contribution in [0.4, 0.5) is 20.3 Å². The van der Waals surface area contributed by atoms with Gasteiger partial charge in [0.05, 0.1) is 30.0 Å². The van der Waals surface area contributed by atoms with Crippen molar-refractivity contribution >= 4 is 23.3 Å². The van der Waals surface area contributed by atoms with Crippen molar-refractivity contribution in [2.45, 2.75) is 38.6 Å².